The third-order valence-electron chi connectivity index (χ3n) is 16.1. The standard InChI is InChI=1S/C41H73NOSi.2CH3.2ClH.Zr/c1-28-23-24-36-35(27-28)37-38(42(36)5)31-19-11-14-22-34(31)40(37)44(6,26-16-8-7-15-25-43-41(2,3)4)39-32-20-12-9-17-29(32)30-18-10-13-21-33(30)39;;;;;/h28-40H,7-27H2,1-6H3;2*1H3;2*1H;/q;2*-1;;;+4/p-2. The number of unbranched alkanes of at least 4 members (excludes halogenated alkanes) is 3. The van der Waals surface area contributed by atoms with Crippen LogP contribution in [-0.2, 0) is 25.6 Å². The van der Waals surface area contributed by atoms with Crippen molar-refractivity contribution in [3.05, 3.63) is 14.9 Å². The van der Waals surface area contributed by atoms with Crippen LogP contribution < -0.4 is 0 Å². The summed E-state index contributed by atoms with van der Waals surface area (Å²) in [5.74, 6) is 9.65. The van der Waals surface area contributed by atoms with Crippen molar-refractivity contribution < 1.29 is 25.6 Å². The molecule has 7 aliphatic rings. The summed E-state index contributed by atoms with van der Waals surface area (Å²) in [5.41, 5.74) is 2.32. The van der Waals surface area contributed by atoms with Crippen molar-refractivity contribution in [1.82, 2.24) is 4.90 Å². The molecule has 1 saturated heterocycles. The minimum atomic E-state index is -1.58. The van der Waals surface area contributed by atoms with Crippen molar-refractivity contribution >= 4 is 25.1 Å². The van der Waals surface area contributed by atoms with Crippen molar-refractivity contribution in [3.8, 4) is 0 Å². The van der Waals surface area contributed by atoms with E-state index in [1.54, 1.807) is 83.1 Å². The second-order valence-corrected chi connectivity index (χ2v) is 28.0. The second-order valence-electron chi connectivity index (χ2n) is 19.5. The maximum atomic E-state index is 6.14. The Morgan fingerprint density at radius 2 is 1.16 bits per heavy atom. The summed E-state index contributed by atoms with van der Waals surface area (Å²) < 4.78 is 6.14. The van der Waals surface area contributed by atoms with Crippen molar-refractivity contribution in [2.75, 3.05) is 13.7 Å². The van der Waals surface area contributed by atoms with E-state index in [0.717, 1.165) is 77.5 Å². The summed E-state index contributed by atoms with van der Waals surface area (Å²) >= 11 is -0.826. The number of halogens is 2. The summed E-state index contributed by atoms with van der Waals surface area (Å²) in [5, 5.41) is 0. The molecule has 0 aromatic carbocycles. The van der Waals surface area contributed by atoms with Crippen LogP contribution in [0.1, 0.15) is 150 Å². The molecule has 6 saturated carbocycles. The van der Waals surface area contributed by atoms with Crippen LogP contribution in [0.2, 0.25) is 23.7 Å². The fourth-order valence-corrected chi connectivity index (χ4v) is 22.6. The average Bonchev–Trinajstić information content (AvgIpc) is 3.67. The van der Waals surface area contributed by atoms with Gasteiger partial charge in [-0.15, -0.1) is 0 Å². The molecule has 0 aromatic heterocycles. The molecule has 0 radical (unpaired) electrons. The van der Waals surface area contributed by atoms with Gasteiger partial charge in [-0.05, 0) is 137 Å². The Balaban J connectivity index is 0.00000104. The van der Waals surface area contributed by atoms with Crippen LogP contribution in [0.4, 0.5) is 0 Å². The first-order valence-electron chi connectivity index (χ1n) is 20.9. The minimum absolute atomic E-state index is 0. The summed E-state index contributed by atoms with van der Waals surface area (Å²) in [4.78, 5) is 3.08. The molecule has 13 unspecified atom stereocenters. The Morgan fingerprint density at radius 3 is 1.71 bits per heavy atom. The van der Waals surface area contributed by atoms with Crippen LogP contribution in [0.25, 0.3) is 0 Å². The van der Waals surface area contributed by atoms with Crippen LogP contribution >= 0.6 is 17.0 Å². The molecule has 49 heavy (non-hydrogen) atoms. The van der Waals surface area contributed by atoms with Gasteiger partial charge >= 0.3 is 37.9 Å². The maximum absolute atomic E-state index is 6.14. The number of likely N-dealkylation sites (tertiary alicyclic amines) is 1. The van der Waals surface area contributed by atoms with Crippen molar-refractivity contribution in [2.24, 2.45) is 53.3 Å². The zero-order valence-electron chi connectivity index (χ0n) is 33.5. The van der Waals surface area contributed by atoms with Crippen LogP contribution in [0.5, 0.6) is 0 Å². The third kappa shape index (κ3) is 9.02. The van der Waals surface area contributed by atoms with E-state index in [4.69, 9.17) is 21.8 Å². The van der Waals surface area contributed by atoms with Crippen molar-refractivity contribution in [2.45, 2.75) is 191 Å². The van der Waals surface area contributed by atoms with Crippen molar-refractivity contribution in [1.29, 1.82) is 0 Å². The molecule has 1 heterocycles. The van der Waals surface area contributed by atoms with Gasteiger partial charge in [0.25, 0.3) is 0 Å². The van der Waals surface area contributed by atoms with E-state index in [1.165, 1.54) is 50.5 Å². The first kappa shape index (κ1) is 43.3. The summed E-state index contributed by atoms with van der Waals surface area (Å²) in [6.45, 7) is 13.4. The molecule has 13 atom stereocenters. The number of rotatable bonds is 9. The Morgan fingerprint density at radius 1 is 0.673 bits per heavy atom. The monoisotopic (exact) mass is 813 g/mol. The molecule has 0 N–H and O–H groups in total. The van der Waals surface area contributed by atoms with Gasteiger partial charge in [0.15, 0.2) is 0 Å². The molecule has 7 rings (SSSR count). The predicted octanol–water partition coefficient (Wildman–Crippen LogP) is 13.6. The van der Waals surface area contributed by atoms with Crippen molar-refractivity contribution in [3.63, 3.8) is 0 Å². The number of hydrogen-bond donors (Lipinski definition) is 0. The fraction of sp³-hybridized carbons (Fsp3) is 0.953. The Kier molecular flexibility index (Phi) is 16.8. The molecule has 1 aliphatic heterocycles. The summed E-state index contributed by atoms with van der Waals surface area (Å²) in [6, 6.07) is 3.54. The van der Waals surface area contributed by atoms with Crippen LogP contribution in [0, 0.1) is 68.1 Å². The molecule has 6 aliphatic carbocycles. The first-order valence-corrected chi connectivity index (χ1v) is 30.1. The molecule has 0 aromatic rings. The van der Waals surface area contributed by atoms with Gasteiger partial charge in [-0.1, -0.05) is 96.6 Å². The van der Waals surface area contributed by atoms with Gasteiger partial charge in [-0.3, -0.25) is 4.90 Å². The first-order chi connectivity index (χ1) is 22.6. The molecule has 2 nitrogen and oxygen atoms in total. The Hall–Kier alpha value is 1.60. The van der Waals surface area contributed by atoms with E-state index in [2.05, 4.69) is 46.2 Å². The number of fused-ring (bicyclic) bond motifs is 8. The summed E-state index contributed by atoms with van der Waals surface area (Å²) in [6.07, 6.45) is 29.1. The van der Waals surface area contributed by atoms with E-state index in [9.17, 15) is 0 Å². The predicted molar refractivity (Wildman–Crippen MR) is 214 cm³/mol. The molecule has 0 bridgehead atoms. The van der Waals surface area contributed by atoms with Crippen LogP contribution in [-0.4, -0.2) is 44.3 Å². The van der Waals surface area contributed by atoms with E-state index >= 15 is 0 Å². The average molecular weight is 816 g/mol. The van der Waals surface area contributed by atoms with E-state index < -0.39 is 28.9 Å². The van der Waals surface area contributed by atoms with E-state index in [-0.39, 0.29) is 20.5 Å². The SMILES string of the molecule is CC1CCC2C(C1)C1C(C3CCCCC3C1[Si](C)(CCCCCCOC(C)(C)C)C1C3CCCCC3C3CCCCC31)N2C.[CH3-].[CH3-].[Cl][Zr+2][Cl]. The van der Waals surface area contributed by atoms with Crippen LogP contribution in [0.3, 0.4) is 0 Å². The fourth-order valence-electron chi connectivity index (χ4n) is 14.9. The van der Waals surface area contributed by atoms with E-state index in [1.807, 2.05) is 0 Å². The van der Waals surface area contributed by atoms with Gasteiger partial charge in [0.05, 0.1) is 13.7 Å². The van der Waals surface area contributed by atoms with E-state index in [0.29, 0.717) is 0 Å². The molecule has 6 heteroatoms. The molecule has 7 fully saturated rings. The topological polar surface area (TPSA) is 12.5 Å². The van der Waals surface area contributed by atoms with Gasteiger partial charge in [0, 0.05) is 18.7 Å². The molecule has 284 valence electrons. The third-order valence-corrected chi connectivity index (χ3v) is 22.2. The molecule has 0 amide bonds. The zero-order chi connectivity index (χ0) is 33.3. The number of hydrogen-bond acceptors (Lipinski definition) is 2. The zero-order valence-corrected chi connectivity index (χ0v) is 38.4. The van der Waals surface area contributed by atoms with Gasteiger partial charge in [0.1, 0.15) is 0 Å². The normalized spacial score (nSPS) is 42.3. The quantitative estimate of drug-likeness (QED) is 0.131. The van der Waals surface area contributed by atoms with Gasteiger partial charge in [-0.2, -0.15) is 0 Å². The van der Waals surface area contributed by atoms with Gasteiger partial charge in [-0.25, -0.2) is 0 Å². The summed E-state index contributed by atoms with van der Waals surface area (Å²) in [7, 11) is 10.9. The Bertz CT molecular complexity index is 973. The second kappa shape index (κ2) is 19.0. The van der Waals surface area contributed by atoms with Gasteiger partial charge in [0.2, 0.25) is 0 Å². The number of nitrogens with zero attached hydrogens (tertiary/aromatic N) is 1. The van der Waals surface area contributed by atoms with Gasteiger partial charge < -0.3 is 19.6 Å². The molecular formula is C43H79Cl2NOSiZr. The van der Waals surface area contributed by atoms with Crippen LogP contribution in [0.15, 0.2) is 0 Å². The molecular weight excluding hydrogens is 737 g/mol. The Labute approximate surface area is 326 Å². The molecule has 0 spiro atoms. The number of ether oxygens (including phenoxy) is 1.